The van der Waals surface area contributed by atoms with Crippen molar-refractivity contribution in [3.8, 4) is 0 Å². The normalized spacial score (nSPS) is 14.6. The fourth-order valence-corrected chi connectivity index (χ4v) is 2.01. The van der Waals surface area contributed by atoms with Crippen molar-refractivity contribution in [2.75, 3.05) is 23.7 Å². The van der Waals surface area contributed by atoms with Gasteiger partial charge >= 0.3 is 5.69 Å². The zero-order chi connectivity index (χ0) is 12.4. The first-order valence-corrected chi connectivity index (χ1v) is 5.91. The van der Waals surface area contributed by atoms with Gasteiger partial charge in [0.05, 0.1) is 4.92 Å². The van der Waals surface area contributed by atoms with E-state index < -0.39 is 0 Å². The molecule has 5 nitrogen and oxygen atoms in total. The summed E-state index contributed by atoms with van der Waals surface area (Å²) in [5.74, 6) is 0.691. The van der Waals surface area contributed by atoms with E-state index in [2.05, 4.69) is 0 Å². The summed E-state index contributed by atoms with van der Waals surface area (Å²) in [7, 11) is 0. The molecule has 0 spiro atoms. The van der Waals surface area contributed by atoms with Crippen LogP contribution in [0.1, 0.15) is 19.8 Å². The number of nitro groups is 1. The first-order chi connectivity index (χ1) is 8.13. The zero-order valence-electron chi connectivity index (χ0n) is 9.93. The van der Waals surface area contributed by atoms with Crippen molar-refractivity contribution in [1.29, 1.82) is 0 Å². The average Bonchev–Trinajstić information content (AvgIpc) is 3.08. The van der Waals surface area contributed by atoms with Crippen molar-refractivity contribution < 1.29 is 4.92 Å². The summed E-state index contributed by atoms with van der Waals surface area (Å²) < 4.78 is 0. The SMILES string of the molecule is CCN(CC1CC1)c1cccc(N)c1[N+](=O)[O-]. The second-order valence-electron chi connectivity index (χ2n) is 4.45. The molecule has 1 saturated carbocycles. The highest BCUT2D eigenvalue weighted by Crippen LogP contribution is 2.37. The van der Waals surface area contributed by atoms with Crippen LogP contribution in [0.5, 0.6) is 0 Å². The fraction of sp³-hybridized carbons (Fsp3) is 0.500. The first-order valence-electron chi connectivity index (χ1n) is 5.91. The highest BCUT2D eigenvalue weighted by atomic mass is 16.6. The van der Waals surface area contributed by atoms with Gasteiger partial charge in [0, 0.05) is 13.1 Å². The van der Waals surface area contributed by atoms with Crippen molar-refractivity contribution in [2.45, 2.75) is 19.8 Å². The smallest absolute Gasteiger partial charge is 0.315 e. The third-order valence-electron chi connectivity index (χ3n) is 3.13. The lowest BCUT2D eigenvalue weighted by Gasteiger charge is -2.23. The molecule has 0 bridgehead atoms. The number of nitrogens with two attached hydrogens (primary N) is 1. The minimum absolute atomic E-state index is 0.0370. The Morgan fingerprint density at radius 2 is 2.24 bits per heavy atom. The van der Waals surface area contributed by atoms with Crippen LogP contribution in [0.2, 0.25) is 0 Å². The molecule has 2 N–H and O–H groups in total. The summed E-state index contributed by atoms with van der Waals surface area (Å²) in [5, 5.41) is 11.1. The lowest BCUT2D eigenvalue weighted by molar-refractivity contribution is -0.383. The van der Waals surface area contributed by atoms with E-state index in [0.29, 0.717) is 11.6 Å². The minimum Gasteiger partial charge on any atom is -0.393 e. The number of nitro benzene ring substituents is 1. The molecule has 0 saturated heterocycles. The number of hydrogen-bond acceptors (Lipinski definition) is 4. The molecule has 1 aromatic rings. The predicted molar refractivity (Wildman–Crippen MR) is 68.1 cm³/mol. The number of nitrogens with zero attached hydrogens (tertiary/aromatic N) is 2. The number of nitrogen functional groups attached to an aromatic ring is 1. The van der Waals surface area contributed by atoms with Crippen LogP contribution in [0.4, 0.5) is 17.1 Å². The third kappa shape index (κ3) is 2.49. The molecule has 0 amide bonds. The molecule has 0 aromatic heterocycles. The number of rotatable bonds is 5. The molecule has 92 valence electrons. The molecule has 1 aromatic carbocycles. The quantitative estimate of drug-likeness (QED) is 0.483. The summed E-state index contributed by atoms with van der Waals surface area (Å²) >= 11 is 0. The third-order valence-corrected chi connectivity index (χ3v) is 3.13. The Morgan fingerprint density at radius 3 is 2.76 bits per heavy atom. The van der Waals surface area contributed by atoms with Crippen LogP contribution in [0.3, 0.4) is 0 Å². The van der Waals surface area contributed by atoms with Crippen LogP contribution < -0.4 is 10.6 Å². The Hall–Kier alpha value is -1.78. The topological polar surface area (TPSA) is 72.4 Å². The maximum atomic E-state index is 11.1. The largest absolute Gasteiger partial charge is 0.393 e. The molecule has 0 heterocycles. The van der Waals surface area contributed by atoms with Gasteiger partial charge < -0.3 is 10.6 Å². The molecule has 0 atom stereocenters. The fourth-order valence-electron chi connectivity index (χ4n) is 2.01. The van der Waals surface area contributed by atoms with E-state index in [1.54, 1.807) is 18.2 Å². The van der Waals surface area contributed by atoms with Gasteiger partial charge in [0.15, 0.2) is 0 Å². The van der Waals surface area contributed by atoms with Crippen molar-refractivity contribution in [2.24, 2.45) is 5.92 Å². The van der Waals surface area contributed by atoms with Gasteiger partial charge in [-0.25, -0.2) is 0 Å². The Bertz CT molecular complexity index is 430. The molecular weight excluding hydrogens is 218 g/mol. The Balaban J connectivity index is 2.33. The van der Waals surface area contributed by atoms with Gasteiger partial charge in [0.1, 0.15) is 11.4 Å². The molecule has 17 heavy (non-hydrogen) atoms. The number of benzene rings is 1. The van der Waals surface area contributed by atoms with E-state index in [1.165, 1.54) is 12.8 Å². The van der Waals surface area contributed by atoms with Crippen molar-refractivity contribution in [3.05, 3.63) is 28.3 Å². The Labute approximate surface area is 100 Å². The van der Waals surface area contributed by atoms with Gasteiger partial charge in [0.25, 0.3) is 0 Å². The lowest BCUT2D eigenvalue weighted by atomic mass is 10.2. The second-order valence-corrected chi connectivity index (χ2v) is 4.45. The monoisotopic (exact) mass is 235 g/mol. The van der Waals surface area contributed by atoms with E-state index in [9.17, 15) is 10.1 Å². The van der Waals surface area contributed by atoms with Crippen LogP contribution in [0.15, 0.2) is 18.2 Å². The van der Waals surface area contributed by atoms with Gasteiger partial charge in [-0.15, -0.1) is 0 Å². The molecule has 1 fully saturated rings. The maximum Gasteiger partial charge on any atom is 0.315 e. The number of hydrogen-bond donors (Lipinski definition) is 1. The van der Waals surface area contributed by atoms with Crippen LogP contribution in [0, 0.1) is 16.0 Å². The average molecular weight is 235 g/mol. The first kappa shape index (κ1) is 11.7. The van der Waals surface area contributed by atoms with Gasteiger partial charge in [0.2, 0.25) is 0 Å². The van der Waals surface area contributed by atoms with E-state index >= 15 is 0 Å². The highest BCUT2D eigenvalue weighted by Gasteiger charge is 2.27. The Morgan fingerprint density at radius 1 is 1.53 bits per heavy atom. The van der Waals surface area contributed by atoms with Crippen LogP contribution in [-0.2, 0) is 0 Å². The van der Waals surface area contributed by atoms with Gasteiger partial charge in [-0.05, 0) is 37.8 Å². The van der Waals surface area contributed by atoms with Gasteiger partial charge in [-0.2, -0.15) is 0 Å². The standard InChI is InChI=1S/C12H17N3O2/c1-2-14(8-9-6-7-9)11-5-3-4-10(13)12(11)15(16)17/h3-5,9H,2,6-8,13H2,1H3. The van der Waals surface area contributed by atoms with Crippen LogP contribution >= 0.6 is 0 Å². The number of anilines is 2. The van der Waals surface area contributed by atoms with Crippen LogP contribution in [0.25, 0.3) is 0 Å². The van der Waals surface area contributed by atoms with Gasteiger partial charge in [-0.1, -0.05) is 6.07 Å². The van der Waals surface area contributed by atoms with Crippen molar-refractivity contribution >= 4 is 17.1 Å². The van der Waals surface area contributed by atoms with Crippen LogP contribution in [-0.4, -0.2) is 18.0 Å². The summed E-state index contributed by atoms with van der Waals surface area (Å²) in [6.45, 7) is 3.66. The zero-order valence-corrected chi connectivity index (χ0v) is 9.93. The van der Waals surface area contributed by atoms with Gasteiger partial charge in [-0.3, -0.25) is 10.1 Å². The summed E-state index contributed by atoms with van der Waals surface area (Å²) in [6, 6.07) is 5.13. The van der Waals surface area contributed by atoms with E-state index in [0.717, 1.165) is 13.1 Å². The minimum atomic E-state index is -0.389. The highest BCUT2D eigenvalue weighted by molar-refractivity contribution is 5.75. The number of para-hydroxylation sites is 1. The predicted octanol–water partition coefficient (Wildman–Crippen LogP) is 2.41. The summed E-state index contributed by atoms with van der Waals surface area (Å²) in [6.07, 6.45) is 2.46. The molecule has 1 aliphatic rings. The molecule has 1 aliphatic carbocycles. The molecular formula is C12H17N3O2. The lowest BCUT2D eigenvalue weighted by Crippen LogP contribution is -2.26. The van der Waals surface area contributed by atoms with Crippen molar-refractivity contribution in [3.63, 3.8) is 0 Å². The molecule has 2 rings (SSSR count). The summed E-state index contributed by atoms with van der Waals surface area (Å²) in [5.41, 5.74) is 6.61. The molecule has 5 heteroatoms. The second kappa shape index (κ2) is 4.61. The Kier molecular flexibility index (Phi) is 3.17. The maximum absolute atomic E-state index is 11.1. The van der Waals surface area contributed by atoms with E-state index in [-0.39, 0.29) is 16.3 Å². The molecule has 0 aliphatic heterocycles. The van der Waals surface area contributed by atoms with Crippen molar-refractivity contribution in [1.82, 2.24) is 0 Å². The summed E-state index contributed by atoms with van der Waals surface area (Å²) in [4.78, 5) is 12.7. The molecule has 0 unspecified atom stereocenters. The van der Waals surface area contributed by atoms with E-state index in [4.69, 9.17) is 5.73 Å². The molecule has 0 radical (unpaired) electrons. The van der Waals surface area contributed by atoms with E-state index in [1.807, 2.05) is 11.8 Å².